The highest BCUT2D eigenvalue weighted by Gasteiger charge is 1.92. The van der Waals surface area contributed by atoms with Crippen LogP contribution >= 0.6 is 0 Å². The first-order chi connectivity index (χ1) is 4.88. The maximum atomic E-state index is 7.31. The van der Waals surface area contributed by atoms with Gasteiger partial charge in [0.25, 0.3) is 0 Å². The summed E-state index contributed by atoms with van der Waals surface area (Å²) >= 11 is 0. The normalized spacial score (nSPS) is 10.4. The van der Waals surface area contributed by atoms with Gasteiger partial charge < -0.3 is 4.52 Å². The standard InChI is InChI=1S/C6H5N3O/c7-5-1-3-8-6-2-4-10-9(5)6/h1-4,7H. The number of aromatic nitrogens is 2. The molecule has 2 aromatic heterocycles. The lowest BCUT2D eigenvalue weighted by molar-refractivity contribution is 0.358. The van der Waals surface area contributed by atoms with Crippen LogP contribution in [0.5, 0.6) is 0 Å². The summed E-state index contributed by atoms with van der Waals surface area (Å²) in [5, 5.41) is 7.31. The maximum Gasteiger partial charge on any atom is 0.174 e. The van der Waals surface area contributed by atoms with E-state index in [2.05, 4.69) is 4.98 Å². The second-order valence-corrected chi connectivity index (χ2v) is 1.89. The van der Waals surface area contributed by atoms with E-state index in [1.165, 1.54) is 10.8 Å². The lowest BCUT2D eigenvalue weighted by atomic mass is 10.6. The van der Waals surface area contributed by atoms with E-state index in [9.17, 15) is 0 Å². The third kappa shape index (κ3) is 0.556. The Balaban J connectivity index is 3.09. The molecule has 0 spiro atoms. The molecule has 0 saturated heterocycles. The fourth-order valence-electron chi connectivity index (χ4n) is 0.801. The summed E-state index contributed by atoms with van der Waals surface area (Å²) in [6.45, 7) is 0. The average Bonchev–Trinajstić information content (AvgIpc) is 2.36. The molecule has 0 atom stereocenters. The predicted octanol–water partition coefficient (Wildman–Crippen LogP) is 0.407. The quantitative estimate of drug-likeness (QED) is 0.568. The first-order valence-electron chi connectivity index (χ1n) is 2.84. The third-order valence-corrected chi connectivity index (χ3v) is 1.25. The van der Waals surface area contributed by atoms with E-state index in [4.69, 9.17) is 9.93 Å². The van der Waals surface area contributed by atoms with Crippen LogP contribution in [0.3, 0.4) is 0 Å². The molecular weight excluding hydrogens is 130 g/mol. The van der Waals surface area contributed by atoms with Crippen molar-refractivity contribution in [1.29, 1.82) is 5.41 Å². The monoisotopic (exact) mass is 135 g/mol. The molecule has 2 heterocycles. The fraction of sp³-hybridized carbons (Fsp3) is 0. The Kier molecular flexibility index (Phi) is 0.887. The molecule has 0 aliphatic carbocycles. The van der Waals surface area contributed by atoms with Crippen LogP contribution in [0, 0.1) is 5.41 Å². The summed E-state index contributed by atoms with van der Waals surface area (Å²) in [5.41, 5.74) is 0.961. The topological polar surface area (TPSA) is 54.3 Å². The molecule has 0 unspecified atom stereocenters. The Labute approximate surface area is 56.2 Å². The number of rotatable bonds is 0. The van der Waals surface area contributed by atoms with Crippen LogP contribution in [-0.2, 0) is 0 Å². The van der Waals surface area contributed by atoms with Crippen LogP contribution in [0.1, 0.15) is 0 Å². The third-order valence-electron chi connectivity index (χ3n) is 1.25. The lowest BCUT2D eigenvalue weighted by Crippen LogP contribution is -2.09. The Morgan fingerprint density at radius 1 is 1.50 bits per heavy atom. The number of hydrogen-bond donors (Lipinski definition) is 1. The highest BCUT2D eigenvalue weighted by Crippen LogP contribution is 1.93. The molecule has 0 radical (unpaired) electrons. The molecule has 50 valence electrons. The smallest absolute Gasteiger partial charge is 0.174 e. The Bertz CT molecular complexity index is 400. The van der Waals surface area contributed by atoms with Gasteiger partial charge in [0.15, 0.2) is 11.1 Å². The molecule has 2 aromatic rings. The van der Waals surface area contributed by atoms with Crippen LogP contribution in [0.4, 0.5) is 0 Å². The van der Waals surface area contributed by atoms with Gasteiger partial charge in [-0.25, -0.2) is 4.98 Å². The van der Waals surface area contributed by atoms with Gasteiger partial charge in [0.2, 0.25) is 0 Å². The van der Waals surface area contributed by atoms with Crippen molar-refractivity contribution >= 4 is 5.65 Å². The maximum absolute atomic E-state index is 7.31. The summed E-state index contributed by atoms with van der Waals surface area (Å²) in [6.07, 6.45) is 3.08. The van der Waals surface area contributed by atoms with E-state index in [-0.39, 0.29) is 0 Å². The zero-order valence-corrected chi connectivity index (χ0v) is 5.11. The largest absolute Gasteiger partial charge is 0.379 e. The molecule has 0 aliphatic rings. The first-order valence-corrected chi connectivity index (χ1v) is 2.84. The van der Waals surface area contributed by atoms with Crippen molar-refractivity contribution in [1.82, 2.24) is 9.56 Å². The van der Waals surface area contributed by atoms with Gasteiger partial charge in [0, 0.05) is 18.3 Å². The minimum Gasteiger partial charge on any atom is -0.379 e. The van der Waals surface area contributed by atoms with Gasteiger partial charge in [-0.05, 0) is 0 Å². The second kappa shape index (κ2) is 1.70. The molecule has 0 aromatic carbocycles. The number of fused-ring (bicyclic) bond motifs is 1. The Morgan fingerprint density at radius 2 is 2.40 bits per heavy atom. The van der Waals surface area contributed by atoms with Crippen molar-refractivity contribution in [2.24, 2.45) is 0 Å². The SMILES string of the molecule is N=c1ccnc2ccon12. The molecule has 0 fully saturated rings. The van der Waals surface area contributed by atoms with Crippen LogP contribution in [0.2, 0.25) is 0 Å². The number of hydrogen-bond acceptors (Lipinski definition) is 3. The van der Waals surface area contributed by atoms with E-state index in [0.717, 1.165) is 0 Å². The van der Waals surface area contributed by atoms with Gasteiger partial charge in [0.05, 0.1) is 0 Å². The zero-order valence-electron chi connectivity index (χ0n) is 5.11. The van der Waals surface area contributed by atoms with Crippen molar-refractivity contribution < 1.29 is 4.52 Å². The number of nitrogens with zero attached hydrogens (tertiary/aromatic N) is 2. The van der Waals surface area contributed by atoms with Gasteiger partial charge >= 0.3 is 0 Å². The van der Waals surface area contributed by atoms with Crippen molar-refractivity contribution in [3.63, 3.8) is 0 Å². The van der Waals surface area contributed by atoms with Gasteiger partial charge in [-0.1, -0.05) is 0 Å². The van der Waals surface area contributed by atoms with Crippen LogP contribution < -0.4 is 5.49 Å². The molecule has 4 nitrogen and oxygen atoms in total. The van der Waals surface area contributed by atoms with Gasteiger partial charge in [-0.2, -0.15) is 0 Å². The second-order valence-electron chi connectivity index (χ2n) is 1.89. The van der Waals surface area contributed by atoms with E-state index in [1.54, 1.807) is 18.3 Å². The van der Waals surface area contributed by atoms with E-state index in [1.807, 2.05) is 0 Å². The summed E-state index contributed by atoms with van der Waals surface area (Å²) in [6, 6.07) is 3.27. The summed E-state index contributed by atoms with van der Waals surface area (Å²) in [5.74, 6) is 0. The van der Waals surface area contributed by atoms with E-state index >= 15 is 0 Å². The van der Waals surface area contributed by atoms with Crippen LogP contribution in [0.25, 0.3) is 5.65 Å². The molecular formula is C6H5N3O. The fourth-order valence-corrected chi connectivity index (χ4v) is 0.801. The average molecular weight is 135 g/mol. The molecule has 4 heteroatoms. The van der Waals surface area contributed by atoms with Crippen molar-refractivity contribution in [2.75, 3.05) is 0 Å². The molecule has 0 amide bonds. The highest BCUT2D eigenvalue weighted by molar-refractivity contribution is 5.32. The summed E-state index contributed by atoms with van der Waals surface area (Å²) in [7, 11) is 0. The summed E-state index contributed by atoms with van der Waals surface area (Å²) in [4.78, 5) is 3.95. The first kappa shape index (κ1) is 5.22. The van der Waals surface area contributed by atoms with Crippen molar-refractivity contribution in [3.05, 3.63) is 30.1 Å². The predicted molar refractivity (Wildman–Crippen MR) is 33.3 cm³/mol. The lowest BCUT2D eigenvalue weighted by Gasteiger charge is -1.87. The highest BCUT2D eigenvalue weighted by atomic mass is 16.5. The van der Waals surface area contributed by atoms with Gasteiger partial charge in [-0.15, -0.1) is 4.57 Å². The minimum absolute atomic E-state index is 0.301. The minimum atomic E-state index is 0.301. The molecule has 2 rings (SSSR count). The zero-order chi connectivity index (χ0) is 6.97. The molecule has 0 aliphatic heterocycles. The Hall–Kier alpha value is -1.58. The van der Waals surface area contributed by atoms with Crippen molar-refractivity contribution in [2.45, 2.75) is 0 Å². The van der Waals surface area contributed by atoms with Crippen LogP contribution in [0.15, 0.2) is 29.1 Å². The molecule has 0 saturated carbocycles. The van der Waals surface area contributed by atoms with Crippen molar-refractivity contribution in [3.8, 4) is 0 Å². The van der Waals surface area contributed by atoms with E-state index < -0.39 is 0 Å². The molecule has 0 bridgehead atoms. The number of nitrogens with one attached hydrogen (secondary N) is 1. The van der Waals surface area contributed by atoms with Gasteiger partial charge in [-0.3, -0.25) is 5.41 Å². The van der Waals surface area contributed by atoms with Crippen LogP contribution in [-0.4, -0.2) is 9.56 Å². The van der Waals surface area contributed by atoms with E-state index in [0.29, 0.717) is 11.1 Å². The molecule has 10 heavy (non-hydrogen) atoms. The molecule has 1 N–H and O–H groups in total. The van der Waals surface area contributed by atoms with Gasteiger partial charge in [0.1, 0.15) is 6.26 Å². The Morgan fingerprint density at radius 3 is 3.20 bits per heavy atom. The summed E-state index contributed by atoms with van der Waals surface area (Å²) < 4.78 is 6.26.